The summed E-state index contributed by atoms with van der Waals surface area (Å²) in [5.41, 5.74) is 0.878. The summed E-state index contributed by atoms with van der Waals surface area (Å²) in [4.78, 5) is 26.6. The van der Waals surface area contributed by atoms with E-state index in [4.69, 9.17) is 9.47 Å². The number of hydrogen-bond acceptors (Lipinski definition) is 6. The Labute approximate surface area is 169 Å². The number of nitrogens with one attached hydrogen (secondary N) is 2. The summed E-state index contributed by atoms with van der Waals surface area (Å²) in [6.45, 7) is 4.61. The van der Waals surface area contributed by atoms with E-state index in [0.717, 1.165) is 0 Å². The van der Waals surface area contributed by atoms with Gasteiger partial charge in [0.05, 0.1) is 19.8 Å². The molecule has 0 unspecified atom stereocenters. The highest BCUT2D eigenvalue weighted by Gasteiger charge is 2.30. The van der Waals surface area contributed by atoms with Crippen molar-refractivity contribution < 1.29 is 27.5 Å². The maximum absolute atomic E-state index is 13.1. The van der Waals surface area contributed by atoms with Gasteiger partial charge in [0.2, 0.25) is 10.0 Å². The summed E-state index contributed by atoms with van der Waals surface area (Å²) in [5.74, 6) is -0.438. The van der Waals surface area contributed by atoms with Crippen molar-refractivity contribution in [2.24, 2.45) is 0 Å². The Kier molecular flexibility index (Phi) is 6.36. The van der Waals surface area contributed by atoms with Crippen LogP contribution in [0.2, 0.25) is 0 Å². The third-order valence-electron chi connectivity index (χ3n) is 4.42. The second-order valence-electron chi connectivity index (χ2n) is 6.42. The molecule has 0 saturated carbocycles. The van der Waals surface area contributed by atoms with Crippen LogP contribution < -0.4 is 10.1 Å². The molecule has 1 aromatic heterocycles. The van der Waals surface area contributed by atoms with Crippen LogP contribution in [0.1, 0.15) is 34.7 Å². The molecule has 1 fully saturated rings. The Bertz CT molecular complexity index is 1010. The summed E-state index contributed by atoms with van der Waals surface area (Å²) in [5, 5.41) is 2.65. The summed E-state index contributed by atoms with van der Waals surface area (Å²) in [6.07, 6.45) is 1.45. The number of hydrogen-bond donors (Lipinski definition) is 2. The molecule has 1 aromatic carbocycles. The van der Waals surface area contributed by atoms with E-state index in [1.165, 1.54) is 35.6 Å². The molecule has 0 aliphatic carbocycles. The highest BCUT2D eigenvalue weighted by atomic mass is 32.2. The summed E-state index contributed by atoms with van der Waals surface area (Å²) >= 11 is 0. The van der Waals surface area contributed by atoms with E-state index in [2.05, 4.69) is 10.3 Å². The average molecular weight is 421 g/mol. The van der Waals surface area contributed by atoms with Gasteiger partial charge in [-0.15, -0.1) is 0 Å². The Hall–Kier alpha value is -2.69. The topological polar surface area (TPSA) is 118 Å². The first-order valence-electron chi connectivity index (χ1n) is 9.18. The van der Waals surface area contributed by atoms with Gasteiger partial charge in [-0.25, -0.2) is 8.42 Å². The second kappa shape index (κ2) is 8.76. The zero-order valence-corrected chi connectivity index (χ0v) is 17.0. The van der Waals surface area contributed by atoms with Crippen molar-refractivity contribution in [2.45, 2.75) is 18.7 Å². The normalized spacial score (nSPS) is 15.1. The van der Waals surface area contributed by atoms with Crippen molar-refractivity contribution in [3.63, 3.8) is 0 Å². The van der Waals surface area contributed by atoms with Crippen LogP contribution in [-0.4, -0.2) is 62.3 Å². The summed E-state index contributed by atoms with van der Waals surface area (Å²) < 4.78 is 38.3. The lowest BCUT2D eigenvalue weighted by Crippen LogP contribution is -2.40. The molecule has 0 radical (unpaired) electrons. The molecule has 1 aliphatic rings. The van der Waals surface area contributed by atoms with Crippen LogP contribution in [0.5, 0.6) is 5.75 Å². The van der Waals surface area contributed by atoms with E-state index < -0.39 is 15.9 Å². The third kappa shape index (κ3) is 4.66. The fourth-order valence-corrected chi connectivity index (χ4v) is 4.48. The predicted molar refractivity (Wildman–Crippen MR) is 106 cm³/mol. The number of sulfonamides is 1. The number of rotatable bonds is 7. The maximum Gasteiger partial charge on any atom is 0.272 e. The SMILES string of the molecule is CCOc1ccc(NC(=O)c2cc(C(C)=O)c[nH]2)cc1S(=O)(=O)N1CCOCC1. The number of benzene rings is 1. The Morgan fingerprint density at radius 3 is 2.59 bits per heavy atom. The number of ether oxygens (including phenoxy) is 2. The number of H-pyrrole nitrogens is 1. The summed E-state index contributed by atoms with van der Waals surface area (Å²) in [6, 6.07) is 5.90. The van der Waals surface area contributed by atoms with Crippen molar-refractivity contribution >= 4 is 27.4 Å². The minimum Gasteiger partial charge on any atom is -0.492 e. The molecule has 0 bridgehead atoms. The van der Waals surface area contributed by atoms with Crippen LogP contribution in [0, 0.1) is 0 Å². The molecule has 2 aromatic rings. The van der Waals surface area contributed by atoms with Gasteiger partial charge in [0.1, 0.15) is 16.3 Å². The van der Waals surface area contributed by atoms with E-state index in [1.807, 2.05) is 0 Å². The van der Waals surface area contributed by atoms with Gasteiger partial charge in [-0.3, -0.25) is 9.59 Å². The van der Waals surface area contributed by atoms with Gasteiger partial charge in [0.25, 0.3) is 5.91 Å². The van der Waals surface area contributed by atoms with Crippen molar-refractivity contribution in [3.05, 3.63) is 41.7 Å². The van der Waals surface area contributed by atoms with Gasteiger partial charge in [0.15, 0.2) is 5.78 Å². The smallest absolute Gasteiger partial charge is 0.272 e. The molecule has 1 aliphatic heterocycles. The van der Waals surface area contributed by atoms with Gasteiger partial charge in [-0.2, -0.15) is 4.31 Å². The number of ketones is 1. The molecule has 1 amide bonds. The third-order valence-corrected chi connectivity index (χ3v) is 6.34. The number of Topliss-reactive ketones (excluding diaryl/α,β-unsaturated/α-hetero) is 1. The fraction of sp³-hybridized carbons (Fsp3) is 0.368. The zero-order chi connectivity index (χ0) is 21.0. The molecule has 1 saturated heterocycles. The van der Waals surface area contributed by atoms with Crippen LogP contribution >= 0.6 is 0 Å². The summed E-state index contributed by atoms with van der Waals surface area (Å²) in [7, 11) is -3.82. The number of aromatic nitrogens is 1. The van der Waals surface area contributed by atoms with Crippen LogP contribution in [0.25, 0.3) is 0 Å². The lowest BCUT2D eigenvalue weighted by Gasteiger charge is -2.27. The highest BCUT2D eigenvalue weighted by molar-refractivity contribution is 7.89. The molecule has 10 heteroatoms. The predicted octanol–water partition coefficient (Wildman–Crippen LogP) is 1.89. The van der Waals surface area contributed by atoms with Crippen LogP contribution in [0.3, 0.4) is 0 Å². The molecule has 2 N–H and O–H groups in total. The molecule has 0 atom stereocenters. The van der Waals surface area contributed by atoms with Gasteiger partial charge in [-0.05, 0) is 38.1 Å². The standard InChI is InChI=1S/C19H23N3O6S/c1-3-28-17-5-4-15(21-19(24)16-10-14(12-20-16)13(2)23)11-18(17)29(25,26)22-6-8-27-9-7-22/h4-5,10-12,20H,3,6-9H2,1-2H3,(H,21,24). The van der Waals surface area contributed by atoms with Gasteiger partial charge < -0.3 is 19.8 Å². The van der Waals surface area contributed by atoms with Crippen molar-refractivity contribution in [1.29, 1.82) is 0 Å². The van der Waals surface area contributed by atoms with E-state index in [0.29, 0.717) is 31.1 Å². The lowest BCUT2D eigenvalue weighted by atomic mass is 10.2. The monoisotopic (exact) mass is 421 g/mol. The number of aromatic amines is 1. The molecule has 2 heterocycles. The van der Waals surface area contributed by atoms with E-state index in [9.17, 15) is 18.0 Å². The number of carbonyl (C=O) groups is 2. The number of morpholine rings is 1. The van der Waals surface area contributed by atoms with E-state index in [1.54, 1.807) is 13.0 Å². The van der Waals surface area contributed by atoms with Crippen LogP contribution in [-0.2, 0) is 14.8 Å². The van der Waals surface area contributed by atoms with E-state index in [-0.39, 0.29) is 35.2 Å². The number of nitrogens with zero attached hydrogens (tertiary/aromatic N) is 1. The van der Waals surface area contributed by atoms with Crippen molar-refractivity contribution in [2.75, 3.05) is 38.2 Å². The average Bonchev–Trinajstić information content (AvgIpc) is 3.21. The molecule has 3 rings (SSSR count). The molecule has 9 nitrogen and oxygen atoms in total. The minimum atomic E-state index is -3.82. The fourth-order valence-electron chi connectivity index (χ4n) is 2.92. The Morgan fingerprint density at radius 1 is 1.24 bits per heavy atom. The van der Waals surface area contributed by atoms with E-state index >= 15 is 0 Å². The van der Waals surface area contributed by atoms with Gasteiger partial charge >= 0.3 is 0 Å². The number of anilines is 1. The largest absolute Gasteiger partial charge is 0.492 e. The lowest BCUT2D eigenvalue weighted by molar-refractivity contribution is 0.0729. The first kappa shape index (κ1) is 21.0. The number of carbonyl (C=O) groups excluding carboxylic acids is 2. The molecule has 156 valence electrons. The van der Waals surface area contributed by atoms with Crippen molar-refractivity contribution in [1.82, 2.24) is 9.29 Å². The molecular weight excluding hydrogens is 398 g/mol. The zero-order valence-electron chi connectivity index (χ0n) is 16.2. The highest BCUT2D eigenvalue weighted by Crippen LogP contribution is 2.30. The molecular formula is C19H23N3O6S. The Morgan fingerprint density at radius 2 is 1.97 bits per heavy atom. The number of amides is 1. The van der Waals surface area contributed by atoms with Crippen LogP contribution in [0.15, 0.2) is 35.4 Å². The molecule has 0 spiro atoms. The minimum absolute atomic E-state index is 0.0186. The van der Waals surface area contributed by atoms with Gasteiger partial charge in [-0.1, -0.05) is 0 Å². The molecule has 29 heavy (non-hydrogen) atoms. The second-order valence-corrected chi connectivity index (χ2v) is 8.33. The van der Waals surface area contributed by atoms with Crippen LogP contribution in [0.4, 0.5) is 5.69 Å². The van der Waals surface area contributed by atoms with Crippen molar-refractivity contribution in [3.8, 4) is 5.75 Å². The Balaban J connectivity index is 1.89. The quantitative estimate of drug-likeness (QED) is 0.659. The van der Waals surface area contributed by atoms with Gasteiger partial charge in [0, 0.05) is 30.5 Å². The first-order valence-corrected chi connectivity index (χ1v) is 10.6. The maximum atomic E-state index is 13.1. The first-order chi connectivity index (χ1) is 13.8.